The second kappa shape index (κ2) is 10.9. The molecule has 8 nitrogen and oxygen atoms in total. The van der Waals surface area contributed by atoms with Gasteiger partial charge in [0, 0.05) is 37.1 Å². The smallest absolute Gasteiger partial charge is 0.344 e. The summed E-state index contributed by atoms with van der Waals surface area (Å²) >= 11 is 0. The van der Waals surface area contributed by atoms with Gasteiger partial charge in [0.2, 0.25) is 0 Å². The molecule has 1 saturated heterocycles. The molecule has 0 aliphatic carbocycles. The molecule has 0 bridgehead atoms. The Kier molecular flexibility index (Phi) is 7.24. The van der Waals surface area contributed by atoms with Gasteiger partial charge in [0.25, 0.3) is 5.91 Å². The van der Waals surface area contributed by atoms with E-state index in [9.17, 15) is 14.4 Å². The predicted molar refractivity (Wildman–Crippen MR) is 148 cm³/mol. The summed E-state index contributed by atoms with van der Waals surface area (Å²) in [7, 11) is 1.33. The molecule has 1 aliphatic rings. The van der Waals surface area contributed by atoms with Crippen LogP contribution >= 0.6 is 0 Å². The molecule has 0 atom stereocenters. The van der Waals surface area contributed by atoms with Crippen molar-refractivity contribution in [2.24, 2.45) is 0 Å². The second-order valence-electron chi connectivity index (χ2n) is 9.16. The van der Waals surface area contributed by atoms with Crippen LogP contribution in [0.15, 0.2) is 82.0 Å². The summed E-state index contributed by atoms with van der Waals surface area (Å²) in [5.41, 5.74) is 3.35. The van der Waals surface area contributed by atoms with Crippen LogP contribution in [0.5, 0.6) is 0 Å². The number of carbonyl (C=O) groups excluding carboxylic acids is 2. The summed E-state index contributed by atoms with van der Waals surface area (Å²) in [6, 6.07) is 21.1. The Hall–Kier alpha value is -4.43. The number of benzene rings is 3. The van der Waals surface area contributed by atoms with E-state index >= 15 is 0 Å². The van der Waals surface area contributed by atoms with Crippen molar-refractivity contribution >= 4 is 34.2 Å². The molecule has 194 valence electrons. The lowest BCUT2D eigenvalue weighted by Crippen LogP contribution is -2.46. The second-order valence-corrected chi connectivity index (χ2v) is 9.16. The molecule has 8 heteroatoms. The Balaban J connectivity index is 1.40. The van der Waals surface area contributed by atoms with Gasteiger partial charge in [-0.25, -0.2) is 9.59 Å². The quantitative estimate of drug-likeness (QED) is 0.298. The maximum absolute atomic E-state index is 13.3. The number of esters is 1. The number of nitrogens with zero attached hydrogens (tertiary/aromatic N) is 2. The number of nitrogens with one attached hydrogen (secondary N) is 1. The highest BCUT2D eigenvalue weighted by Gasteiger charge is 2.21. The Morgan fingerprint density at radius 2 is 1.63 bits per heavy atom. The number of fused-ring (bicyclic) bond motifs is 1. The number of hydrogen-bond acceptors (Lipinski definition) is 7. The van der Waals surface area contributed by atoms with Crippen molar-refractivity contribution in [1.82, 2.24) is 4.90 Å². The third kappa shape index (κ3) is 5.17. The van der Waals surface area contributed by atoms with Gasteiger partial charge in [-0.2, -0.15) is 0 Å². The first kappa shape index (κ1) is 25.2. The van der Waals surface area contributed by atoms with Gasteiger partial charge >= 0.3 is 11.6 Å². The first-order valence-corrected chi connectivity index (χ1v) is 12.6. The molecule has 0 spiro atoms. The number of amides is 1. The van der Waals surface area contributed by atoms with Crippen LogP contribution in [0.3, 0.4) is 0 Å². The molecule has 1 aromatic heterocycles. The van der Waals surface area contributed by atoms with Gasteiger partial charge in [-0.05, 0) is 54.6 Å². The minimum absolute atomic E-state index is 0.322. The topological polar surface area (TPSA) is 92.1 Å². The zero-order valence-electron chi connectivity index (χ0n) is 21.4. The van der Waals surface area contributed by atoms with Crippen molar-refractivity contribution < 1.29 is 18.7 Å². The van der Waals surface area contributed by atoms with Gasteiger partial charge in [-0.1, -0.05) is 37.3 Å². The third-order valence-corrected chi connectivity index (χ3v) is 6.93. The lowest BCUT2D eigenvalue weighted by Gasteiger charge is -2.36. The lowest BCUT2D eigenvalue weighted by atomic mass is 10.0. The summed E-state index contributed by atoms with van der Waals surface area (Å²) in [4.78, 5) is 42.6. The van der Waals surface area contributed by atoms with E-state index in [0.717, 1.165) is 43.8 Å². The third-order valence-electron chi connectivity index (χ3n) is 6.93. The highest BCUT2D eigenvalue weighted by Crippen LogP contribution is 2.30. The minimum atomic E-state index is -0.471. The Bertz CT molecular complexity index is 1540. The molecule has 0 radical (unpaired) electrons. The number of ether oxygens (including phenoxy) is 1. The molecule has 1 N–H and O–H groups in total. The van der Waals surface area contributed by atoms with E-state index in [1.165, 1.54) is 7.11 Å². The van der Waals surface area contributed by atoms with Crippen LogP contribution in [0.4, 0.5) is 11.4 Å². The zero-order valence-corrected chi connectivity index (χ0v) is 21.4. The van der Waals surface area contributed by atoms with E-state index in [2.05, 4.69) is 22.0 Å². The van der Waals surface area contributed by atoms with Gasteiger partial charge in [0.05, 0.1) is 29.6 Å². The van der Waals surface area contributed by atoms with E-state index in [-0.39, 0.29) is 5.91 Å². The van der Waals surface area contributed by atoms with E-state index < -0.39 is 11.6 Å². The molecule has 5 rings (SSSR count). The minimum Gasteiger partial charge on any atom is -0.465 e. The van der Waals surface area contributed by atoms with Gasteiger partial charge in [-0.15, -0.1) is 0 Å². The molecule has 4 aromatic rings. The summed E-state index contributed by atoms with van der Waals surface area (Å²) in [5, 5.41) is 3.80. The molecule has 1 aliphatic heterocycles. The summed E-state index contributed by atoms with van der Waals surface area (Å²) in [6.07, 6.45) is 0. The van der Waals surface area contributed by atoms with Gasteiger partial charge < -0.3 is 24.3 Å². The zero-order chi connectivity index (χ0) is 26.6. The standard InChI is InChI=1S/C30H29N3O5/c1-3-32-14-16-33(17-15-32)26-13-12-23(29(35)37-2)19-25(26)31-28(34)21-10-8-20(9-11-21)24-18-22-6-4-5-7-27(22)38-30(24)36/h4-13,18-19H,3,14-17H2,1-2H3,(H,31,34). The Morgan fingerprint density at radius 3 is 2.34 bits per heavy atom. The lowest BCUT2D eigenvalue weighted by molar-refractivity contribution is 0.0600. The van der Waals surface area contributed by atoms with Crippen LogP contribution in [0.1, 0.15) is 27.6 Å². The normalized spacial score (nSPS) is 13.9. The average Bonchev–Trinajstić information content (AvgIpc) is 2.96. The first-order chi connectivity index (χ1) is 18.5. The van der Waals surface area contributed by atoms with Crippen molar-refractivity contribution in [2.75, 3.05) is 50.1 Å². The van der Waals surface area contributed by atoms with Crippen LogP contribution in [0.2, 0.25) is 0 Å². The maximum atomic E-state index is 13.3. The van der Waals surface area contributed by atoms with Gasteiger partial charge in [0.1, 0.15) is 5.58 Å². The van der Waals surface area contributed by atoms with Crippen LogP contribution in [-0.4, -0.2) is 56.6 Å². The number of para-hydroxylation sites is 1. The van der Waals surface area contributed by atoms with Crippen molar-refractivity contribution in [3.05, 3.63) is 94.3 Å². The predicted octanol–water partition coefficient (Wildman–Crippen LogP) is 4.64. The van der Waals surface area contributed by atoms with E-state index in [0.29, 0.717) is 33.5 Å². The molecular formula is C30H29N3O5. The van der Waals surface area contributed by atoms with Crippen molar-refractivity contribution in [3.63, 3.8) is 0 Å². The molecule has 3 aromatic carbocycles. The van der Waals surface area contributed by atoms with E-state index in [1.807, 2.05) is 24.3 Å². The Labute approximate surface area is 220 Å². The van der Waals surface area contributed by atoms with Crippen molar-refractivity contribution in [2.45, 2.75) is 6.92 Å². The number of hydrogen-bond donors (Lipinski definition) is 1. The highest BCUT2D eigenvalue weighted by atomic mass is 16.5. The van der Waals surface area contributed by atoms with Crippen LogP contribution < -0.4 is 15.8 Å². The van der Waals surface area contributed by atoms with Crippen molar-refractivity contribution in [3.8, 4) is 11.1 Å². The van der Waals surface area contributed by atoms with E-state index in [1.54, 1.807) is 48.5 Å². The van der Waals surface area contributed by atoms with Crippen LogP contribution in [-0.2, 0) is 4.74 Å². The van der Waals surface area contributed by atoms with Crippen LogP contribution in [0.25, 0.3) is 22.1 Å². The number of carbonyl (C=O) groups is 2. The van der Waals surface area contributed by atoms with Crippen molar-refractivity contribution in [1.29, 1.82) is 0 Å². The van der Waals surface area contributed by atoms with Gasteiger partial charge in [0.15, 0.2) is 0 Å². The summed E-state index contributed by atoms with van der Waals surface area (Å²) in [6.45, 7) is 6.62. The number of anilines is 2. The molecule has 1 amide bonds. The molecule has 1 fully saturated rings. The molecular weight excluding hydrogens is 482 g/mol. The first-order valence-electron chi connectivity index (χ1n) is 12.6. The van der Waals surface area contributed by atoms with Crippen LogP contribution in [0, 0.1) is 0 Å². The number of piperazine rings is 1. The van der Waals surface area contributed by atoms with E-state index in [4.69, 9.17) is 9.15 Å². The summed E-state index contributed by atoms with van der Waals surface area (Å²) in [5.74, 6) is -0.793. The maximum Gasteiger partial charge on any atom is 0.344 e. The summed E-state index contributed by atoms with van der Waals surface area (Å²) < 4.78 is 10.3. The molecule has 0 unspecified atom stereocenters. The van der Waals surface area contributed by atoms with Gasteiger partial charge in [-0.3, -0.25) is 4.79 Å². The highest BCUT2D eigenvalue weighted by molar-refractivity contribution is 6.07. The number of likely N-dealkylation sites (N-methyl/N-ethyl adjacent to an activating group) is 1. The fourth-order valence-corrected chi connectivity index (χ4v) is 4.72. The largest absolute Gasteiger partial charge is 0.465 e. The molecule has 0 saturated carbocycles. The Morgan fingerprint density at radius 1 is 0.921 bits per heavy atom. The molecule has 38 heavy (non-hydrogen) atoms. The fourth-order valence-electron chi connectivity index (χ4n) is 4.72. The SMILES string of the molecule is CCN1CCN(c2ccc(C(=O)OC)cc2NC(=O)c2ccc(-c3cc4ccccc4oc3=O)cc2)CC1. The number of methoxy groups -OCH3 is 1. The monoisotopic (exact) mass is 511 g/mol. The number of rotatable bonds is 6. The molecule has 2 heterocycles. The average molecular weight is 512 g/mol. The fraction of sp³-hybridized carbons (Fsp3) is 0.233.